The van der Waals surface area contributed by atoms with Crippen molar-refractivity contribution < 1.29 is 9.84 Å². The van der Waals surface area contributed by atoms with Crippen LogP contribution < -0.4 is 4.74 Å². The van der Waals surface area contributed by atoms with Gasteiger partial charge in [0.25, 0.3) is 0 Å². The van der Waals surface area contributed by atoms with Crippen molar-refractivity contribution >= 4 is 0 Å². The van der Waals surface area contributed by atoms with Crippen molar-refractivity contribution in [1.82, 2.24) is 0 Å². The van der Waals surface area contributed by atoms with E-state index in [0.29, 0.717) is 5.92 Å². The normalized spacial score (nSPS) is 15.8. The molecule has 0 bridgehead atoms. The number of ether oxygens (including phenoxy) is 1. The van der Waals surface area contributed by atoms with Crippen LogP contribution in [0.1, 0.15) is 52.7 Å². The molecule has 0 radical (unpaired) electrons. The summed E-state index contributed by atoms with van der Waals surface area (Å²) in [7, 11) is 1.68. The predicted octanol–water partition coefficient (Wildman–Crippen LogP) is 4.27. The molecule has 0 saturated heterocycles. The minimum atomic E-state index is -0.564. The monoisotopic (exact) mass is 282 g/mol. The number of aliphatic hydroxyl groups excluding tert-OH is 1. The molecule has 0 heterocycles. The number of rotatable bonds is 4. The number of hydrogen-bond acceptors (Lipinski definition) is 2. The van der Waals surface area contributed by atoms with E-state index in [1.807, 2.05) is 32.0 Å². The van der Waals surface area contributed by atoms with Gasteiger partial charge >= 0.3 is 0 Å². The van der Waals surface area contributed by atoms with Gasteiger partial charge in [0.15, 0.2) is 0 Å². The van der Waals surface area contributed by atoms with Crippen molar-refractivity contribution in [3.05, 3.63) is 64.2 Å². The molecule has 2 nitrogen and oxygen atoms in total. The van der Waals surface area contributed by atoms with Crippen molar-refractivity contribution in [1.29, 1.82) is 0 Å². The molecular formula is C19H22O2. The van der Waals surface area contributed by atoms with E-state index in [9.17, 15) is 5.11 Å². The molecule has 0 spiro atoms. The van der Waals surface area contributed by atoms with Crippen LogP contribution in [0.5, 0.6) is 5.75 Å². The fraction of sp³-hybridized carbons (Fsp3) is 0.368. The molecular weight excluding hydrogens is 260 g/mol. The van der Waals surface area contributed by atoms with E-state index in [1.165, 1.54) is 18.4 Å². The van der Waals surface area contributed by atoms with Crippen molar-refractivity contribution in [2.24, 2.45) is 0 Å². The van der Waals surface area contributed by atoms with Gasteiger partial charge in [-0.3, -0.25) is 0 Å². The van der Waals surface area contributed by atoms with Crippen LogP contribution >= 0.6 is 0 Å². The highest BCUT2D eigenvalue weighted by molar-refractivity contribution is 5.47. The summed E-state index contributed by atoms with van der Waals surface area (Å²) in [5, 5.41) is 10.9. The second-order valence-electron chi connectivity index (χ2n) is 5.98. The van der Waals surface area contributed by atoms with Gasteiger partial charge in [0.05, 0.1) is 7.11 Å². The Labute approximate surface area is 126 Å². The van der Waals surface area contributed by atoms with Gasteiger partial charge in [-0.1, -0.05) is 24.3 Å². The zero-order valence-corrected chi connectivity index (χ0v) is 12.9. The Bertz CT molecular complexity index is 657. The van der Waals surface area contributed by atoms with E-state index in [2.05, 4.69) is 18.2 Å². The van der Waals surface area contributed by atoms with E-state index in [4.69, 9.17) is 4.74 Å². The number of aliphatic hydroxyl groups is 1. The molecule has 1 aliphatic rings. The van der Waals surface area contributed by atoms with Gasteiger partial charge in [-0.15, -0.1) is 0 Å². The molecule has 1 unspecified atom stereocenters. The Hall–Kier alpha value is -1.80. The third-order valence-corrected chi connectivity index (χ3v) is 4.39. The molecule has 3 rings (SSSR count). The average molecular weight is 282 g/mol. The predicted molar refractivity (Wildman–Crippen MR) is 84.9 cm³/mol. The summed E-state index contributed by atoms with van der Waals surface area (Å²) in [5.74, 6) is 1.51. The average Bonchev–Trinajstić information content (AvgIpc) is 3.33. The maximum Gasteiger partial charge on any atom is 0.122 e. The Balaban J connectivity index is 2.03. The summed E-state index contributed by atoms with van der Waals surface area (Å²) >= 11 is 0. The van der Waals surface area contributed by atoms with Crippen LogP contribution in [-0.2, 0) is 0 Å². The molecule has 21 heavy (non-hydrogen) atoms. The fourth-order valence-corrected chi connectivity index (χ4v) is 3.02. The zero-order valence-electron chi connectivity index (χ0n) is 12.9. The molecule has 2 aromatic rings. The highest BCUT2D eigenvalue weighted by atomic mass is 16.5. The third-order valence-electron chi connectivity index (χ3n) is 4.39. The molecule has 0 amide bonds. The molecule has 0 aromatic heterocycles. The van der Waals surface area contributed by atoms with Crippen molar-refractivity contribution in [2.75, 3.05) is 7.11 Å². The van der Waals surface area contributed by atoms with Crippen LogP contribution in [0.4, 0.5) is 0 Å². The third kappa shape index (κ3) is 2.68. The van der Waals surface area contributed by atoms with Crippen LogP contribution in [-0.4, -0.2) is 12.2 Å². The molecule has 1 saturated carbocycles. The first-order valence-corrected chi connectivity index (χ1v) is 7.54. The minimum Gasteiger partial charge on any atom is -0.496 e. The number of benzene rings is 2. The molecule has 110 valence electrons. The first kappa shape index (κ1) is 14.2. The topological polar surface area (TPSA) is 29.5 Å². The second-order valence-corrected chi connectivity index (χ2v) is 5.98. The van der Waals surface area contributed by atoms with Gasteiger partial charge < -0.3 is 9.84 Å². The van der Waals surface area contributed by atoms with Gasteiger partial charge in [-0.25, -0.2) is 0 Å². The van der Waals surface area contributed by atoms with Gasteiger partial charge in [0.1, 0.15) is 11.9 Å². The zero-order chi connectivity index (χ0) is 15.0. The Morgan fingerprint density at radius 2 is 1.76 bits per heavy atom. The molecule has 1 atom stereocenters. The fourth-order valence-electron chi connectivity index (χ4n) is 3.02. The standard InChI is InChI=1S/C19H22O2/c1-12-11-18(21-3)13(2)10-17(12)19(20)16-7-5-4-6-15(16)14-8-9-14/h4-7,10-11,14,19-20H,8-9H2,1-3H3. The minimum absolute atomic E-state index is 0.564. The van der Waals surface area contributed by atoms with Gasteiger partial charge in [-0.2, -0.15) is 0 Å². The van der Waals surface area contributed by atoms with Gasteiger partial charge in [-0.05, 0) is 72.6 Å². The van der Waals surface area contributed by atoms with Crippen molar-refractivity contribution in [2.45, 2.75) is 38.7 Å². The molecule has 0 aliphatic heterocycles. The first-order chi connectivity index (χ1) is 10.1. The summed E-state index contributed by atoms with van der Waals surface area (Å²) in [6.45, 7) is 4.04. The summed E-state index contributed by atoms with van der Waals surface area (Å²) in [6, 6.07) is 12.3. The second kappa shape index (κ2) is 5.53. The van der Waals surface area contributed by atoms with E-state index in [-0.39, 0.29) is 0 Å². The smallest absolute Gasteiger partial charge is 0.122 e. The van der Waals surface area contributed by atoms with Gasteiger partial charge in [0, 0.05) is 0 Å². The lowest BCUT2D eigenvalue weighted by molar-refractivity contribution is 0.218. The lowest BCUT2D eigenvalue weighted by atomic mass is 9.91. The molecule has 2 aromatic carbocycles. The number of hydrogen-bond donors (Lipinski definition) is 1. The summed E-state index contributed by atoms with van der Waals surface area (Å²) < 4.78 is 5.36. The van der Waals surface area contributed by atoms with E-state index in [0.717, 1.165) is 28.0 Å². The number of methoxy groups -OCH3 is 1. The van der Waals surface area contributed by atoms with E-state index >= 15 is 0 Å². The highest BCUT2D eigenvalue weighted by Crippen LogP contribution is 2.44. The maximum atomic E-state index is 10.9. The Kier molecular flexibility index (Phi) is 3.73. The SMILES string of the molecule is COc1cc(C)c(C(O)c2ccccc2C2CC2)cc1C. The lowest BCUT2D eigenvalue weighted by Crippen LogP contribution is -2.06. The highest BCUT2D eigenvalue weighted by Gasteiger charge is 2.28. The van der Waals surface area contributed by atoms with E-state index in [1.54, 1.807) is 7.11 Å². The number of aryl methyl sites for hydroxylation is 2. The van der Waals surface area contributed by atoms with Gasteiger partial charge in [0.2, 0.25) is 0 Å². The molecule has 2 heteroatoms. The van der Waals surface area contributed by atoms with Crippen LogP contribution in [0, 0.1) is 13.8 Å². The Morgan fingerprint density at radius 1 is 1.05 bits per heavy atom. The van der Waals surface area contributed by atoms with Crippen LogP contribution in [0.15, 0.2) is 36.4 Å². The maximum absolute atomic E-state index is 10.9. The van der Waals surface area contributed by atoms with Crippen LogP contribution in [0.25, 0.3) is 0 Å². The van der Waals surface area contributed by atoms with E-state index < -0.39 is 6.10 Å². The Morgan fingerprint density at radius 3 is 2.43 bits per heavy atom. The largest absolute Gasteiger partial charge is 0.496 e. The lowest BCUT2D eigenvalue weighted by Gasteiger charge is -2.19. The molecule has 1 fully saturated rings. The quantitative estimate of drug-likeness (QED) is 0.907. The summed E-state index contributed by atoms with van der Waals surface area (Å²) in [4.78, 5) is 0. The van der Waals surface area contributed by atoms with Crippen molar-refractivity contribution in [3.8, 4) is 5.75 Å². The van der Waals surface area contributed by atoms with Crippen LogP contribution in [0.2, 0.25) is 0 Å². The summed E-state index contributed by atoms with van der Waals surface area (Å²) in [5.41, 5.74) is 5.45. The van der Waals surface area contributed by atoms with Crippen molar-refractivity contribution in [3.63, 3.8) is 0 Å². The first-order valence-electron chi connectivity index (χ1n) is 7.54. The molecule has 1 aliphatic carbocycles. The molecule has 1 N–H and O–H groups in total. The summed E-state index contributed by atoms with van der Waals surface area (Å²) in [6.07, 6.45) is 1.92. The van der Waals surface area contributed by atoms with Crippen LogP contribution in [0.3, 0.4) is 0 Å².